The van der Waals surface area contributed by atoms with E-state index in [2.05, 4.69) is 10.4 Å². The van der Waals surface area contributed by atoms with E-state index in [9.17, 15) is 4.79 Å². The van der Waals surface area contributed by atoms with Crippen molar-refractivity contribution in [3.8, 4) is 0 Å². The van der Waals surface area contributed by atoms with Gasteiger partial charge < -0.3 is 10.1 Å². The first-order chi connectivity index (χ1) is 9.45. The third kappa shape index (κ3) is 2.44. The van der Waals surface area contributed by atoms with E-state index < -0.39 is 5.54 Å². The number of rotatable bonds is 3. The summed E-state index contributed by atoms with van der Waals surface area (Å²) in [5, 5.41) is 8.40. The number of aryl methyl sites for hydroxylation is 1. The lowest BCUT2D eigenvalue weighted by atomic mass is 9.79. The summed E-state index contributed by atoms with van der Waals surface area (Å²) in [6.07, 6.45) is 3.42. The highest BCUT2D eigenvalue weighted by Gasteiger charge is 2.43. The minimum Gasteiger partial charge on any atom is -0.468 e. The lowest BCUT2D eigenvalue weighted by Gasteiger charge is -2.38. The zero-order valence-electron chi connectivity index (χ0n) is 12.5. The second-order valence-electron chi connectivity index (χ2n) is 5.50. The van der Waals surface area contributed by atoms with Crippen LogP contribution in [0, 0.1) is 13.8 Å². The smallest absolute Gasteiger partial charge is 0.326 e. The number of nitrogens with zero attached hydrogens (tertiary/aromatic N) is 2. The summed E-state index contributed by atoms with van der Waals surface area (Å²) in [6, 6.07) is 0.168. The highest BCUT2D eigenvalue weighted by molar-refractivity contribution is 6.31. The Bertz CT molecular complexity index is 515. The molecule has 6 heteroatoms. The molecule has 0 aliphatic heterocycles. The van der Waals surface area contributed by atoms with Gasteiger partial charge in [0.1, 0.15) is 5.54 Å². The van der Waals surface area contributed by atoms with Gasteiger partial charge in [0.05, 0.1) is 29.6 Å². The average Bonchev–Trinajstić information content (AvgIpc) is 2.74. The molecule has 1 aliphatic rings. The van der Waals surface area contributed by atoms with Crippen molar-refractivity contribution in [2.24, 2.45) is 0 Å². The quantitative estimate of drug-likeness (QED) is 0.871. The average molecular weight is 300 g/mol. The van der Waals surface area contributed by atoms with Crippen LogP contribution in [0.4, 0.5) is 0 Å². The second-order valence-corrected chi connectivity index (χ2v) is 5.88. The maximum atomic E-state index is 12.1. The van der Waals surface area contributed by atoms with Crippen LogP contribution in [0.15, 0.2) is 0 Å². The van der Waals surface area contributed by atoms with Crippen LogP contribution in [0.2, 0.25) is 5.02 Å². The van der Waals surface area contributed by atoms with Gasteiger partial charge in [-0.05, 0) is 46.6 Å². The minimum atomic E-state index is -0.615. The van der Waals surface area contributed by atoms with Gasteiger partial charge >= 0.3 is 5.97 Å². The van der Waals surface area contributed by atoms with Crippen molar-refractivity contribution in [2.75, 3.05) is 14.2 Å². The summed E-state index contributed by atoms with van der Waals surface area (Å²) in [6.45, 7) is 3.87. The Morgan fingerprint density at radius 1 is 1.55 bits per heavy atom. The molecular formula is C14H22ClN3O2. The number of methoxy groups -OCH3 is 1. The fourth-order valence-electron chi connectivity index (χ4n) is 3.16. The molecule has 5 nitrogen and oxygen atoms in total. The van der Waals surface area contributed by atoms with Crippen LogP contribution in [0.5, 0.6) is 0 Å². The summed E-state index contributed by atoms with van der Waals surface area (Å²) in [5.41, 5.74) is 1.19. The SMILES string of the molecule is CNC1(C(=O)OC)CCCC(n2nc(C)c(Cl)c2C)C1. The molecule has 1 aromatic heterocycles. The minimum absolute atomic E-state index is 0.168. The second kappa shape index (κ2) is 5.74. The van der Waals surface area contributed by atoms with Crippen LogP contribution in [-0.2, 0) is 9.53 Å². The molecule has 1 fully saturated rings. The molecule has 2 atom stereocenters. The number of hydrogen-bond donors (Lipinski definition) is 1. The molecular weight excluding hydrogens is 278 g/mol. The van der Waals surface area contributed by atoms with E-state index in [1.54, 1.807) is 0 Å². The number of halogens is 1. The topological polar surface area (TPSA) is 56.1 Å². The Kier molecular flexibility index (Phi) is 4.39. The van der Waals surface area contributed by atoms with Crippen molar-refractivity contribution in [3.05, 3.63) is 16.4 Å². The van der Waals surface area contributed by atoms with Crippen LogP contribution in [0.25, 0.3) is 0 Å². The van der Waals surface area contributed by atoms with Crippen molar-refractivity contribution in [1.29, 1.82) is 0 Å². The van der Waals surface area contributed by atoms with Gasteiger partial charge in [0.25, 0.3) is 0 Å². The van der Waals surface area contributed by atoms with Gasteiger partial charge in [-0.15, -0.1) is 0 Å². The maximum Gasteiger partial charge on any atom is 0.326 e. The molecule has 2 rings (SSSR count). The lowest BCUT2D eigenvalue weighted by Crippen LogP contribution is -2.54. The molecule has 0 bridgehead atoms. The number of carbonyl (C=O) groups is 1. The molecule has 1 aromatic rings. The van der Waals surface area contributed by atoms with Crippen LogP contribution in [0.1, 0.15) is 43.1 Å². The Morgan fingerprint density at radius 3 is 2.75 bits per heavy atom. The molecule has 0 spiro atoms. The zero-order chi connectivity index (χ0) is 14.9. The highest BCUT2D eigenvalue weighted by atomic mass is 35.5. The number of aromatic nitrogens is 2. The summed E-state index contributed by atoms with van der Waals surface area (Å²) in [5.74, 6) is -0.197. The number of carbonyl (C=O) groups excluding carboxylic acids is 1. The third-order valence-corrected chi connectivity index (χ3v) is 4.91. The molecule has 1 heterocycles. The molecule has 1 saturated carbocycles. The first-order valence-electron chi connectivity index (χ1n) is 6.93. The third-order valence-electron chi connectivity index (χ3n) is 4.36. The van der Waals surface area contributed by atoms with Gasteiger partial charge in [0.15, 0.2) is 0 Å². The number of ether oxygens (including phenoxy) is 1. The normalized spacial score (nSPS) is 26.6. The number of esters is 1. The Hall–Kier alpha value is -1.07. The van der Waals surface area contributed by atoms with E-state index in [1.807, 2.05) is 25.6 Å². The first kappa shape index (κ1) is 15.3. The molecule has 2 unspecified atom stereocenters. The van der Waals surface area contributed by atoms with Crippen molar-refractivity contribution in [2.45, 2.75) is 51.1 Å². The molecule has 1 N–H and O–H groups in total. The van der Waals surface area contributed by atoms with E-state index >= 15 is 0 Å². The number of nitrogens with one attached hydrogen (secondary N) is 1. The standard InChI is InChI=1S/C14H22ClN3O2/c1-9-12(15)10(2)18(17-9)11-6-5-7-14(8-11,16-3)13(19)20-4/h11,16H,5-8H2,1-4H3. The Labute approximate surface area is 124 Å². The Morgan fingerprint density at radius 2 is 2.25 bits per heavy atom. The largest absolute Gasteiger partial charge is 0.468 e. The first-order valence-corrected chi connectivity index (χ1v) is 7.31. The zero-order valence-corrected chi connectivity index (χ0v) is 13.3. The molecule has 1 aliphatic carbocycles. The fraction of sp³-hybridized carbons (Fsp3) is 0.714. The summed E-state index contributed by atoms with van der Waals surface area (Å²) in [4.78, 5) is 12.1. The molecule has 0 aromatic carbocycles. The number of likely N-dealkylation sites (N-methyl/N-ethyl adjacent to an activating group) is 1. The van der Waals surface area contributed by atoms with E-state index in [0.717, 1.165) is 30.7 Å². The van der Waals surface area contributed by atoms with E-state index in [0.29, 0.717) is 11.4 Å². The molecule has 112 valence electrons. The van der Waals surface area contributed by atoms with Gasteiger partial charge in [-0.2, -0.15) is 5.10 Å². The van der Waals surface area contributed by atoms with E-state index in [4.69, 9.17) is 16.3 Å². The van der Waals surface area contributed by atoms with Crippen molar-refractivity contribution >= 4 is 17.6 Å². The summed E-state index contributed by atoms with van der Waals surface area (Å²) >= 11 is 6.22. The predicted octanol–water partition coefficient (Wildman–Crippen LogP) is 2.40. The van der Waals surface area contributed by atoms with Gasteiger partial charge in [-0.25, -0.2) is 0 Å². The van der Waals surface area contributed by atoms with Crippen LogP contribution >= 0.6 is 11.6 Å². The molecule has 0 radical (unpaired) electrons. The number of hydrogen-bond acceptors (Lipinski definition) is 4. The highest BCUT2D eigenvalue weighted by Crippen LogP contribution is 2.37. The van der Waals surface area contributed by atoms with Gasteiger partial charge in [0.2, 0.25) is 0 Å². The fourth-order valence-corrected chi connectivity index (χ4v) is 3.29. The monoisotopic (exact) mass is 299 g/mol. The molecule has 20 heavy (non-hydrogen) atoms. The van der Waals surface area contributed by atoms with Crippen molar-refractivity contribution in [3.63, 3.8) is 0 Å². The van der Waals surface area contributed by atoms with Gasteiger partial charge in [0, 0.05) is 0 Å². The summed E-state index contributed by atoms with van der Waals surface area (Å²) < 4.78 is 6.93. The van der Waals surface area contributed by atoms with Gasteiger partial charge in [-0.1, -0.05) is 11.6 Å². The van der Waals surface area contributed by atoms with Crippen LogP contribution < -0.4 is 5.32 Å². The lowest BCUT2D eigenvalue weighted by molar-refractivity contribution is -0.150. The van der Waals surface area contributed by atoms with E-state index in [1.165, 1.54) is 7.11 Å². The predicted molar refractivity (Wildman–Crippen MR) is 78.0 cm³/mol. The van der Waals surface area contributed by atoms with Gasteiger partial charge in [-0.3, -0.25) is 9.48 Å². The maximum absolute atomic E-state index is 12.1. The van der Waals surface area contributed by atoms with Crippen LogP contribution in [0.3, 0.4) is 0 Å². The van der Waals surface area contributed by atoms with Crippen molar-refractivity contribution < 1.29 is 9.53 Å². The van der Waals surface area contributed by atoms with E-state index in [-0.39, 0.29) is 12.0 Å². The Balaban J connectivity index is 2.30. The summed E-state index contributed by atoms with van der Waals surface area (Å²) in [7, 11) is 3.25. The molecule has 0 amide bonds. The molecule has 0 saturated heterocycles. The van der Waals surface area contributed by atoms with Crippen molar-refractivity contribution in [1.82, 2.24) is 15.1 Å². The van der Waals surface area contributed by atoms with Crippen LogP contribution in [-0.4, -0.2) is 35.4 Å².